The number of hydrogen-bond acceptors (Lipinski definition) is 6. The number of nitrogens with one attached hydrogen (secondary N) is 1. The van der Waals surface area contributed by atoms with Crippen molar-refractivity contribution in [3.8, 4) is 0 Å². The molecule has 1 amide bonds. The van der Waals surface area contributed by atoms with Crippen molar-refractivity contribution >= 4 is 5.91 Å². The summed E-state index contributed by atoms with van der Waals surface area (Å²) in [7, 11) is 0. The van der Waals surface area contributed by atoms with E-state index in [2.05, 4.69) is 20.4 Å². The molecule has 1 saturated heterocycles. The van der Waals surface area contributed by atoms with E-state index >= 15 is 0 Å². The molecule has 7 nitrogen and oxygen atoms in total. The number of aromatic nitrogens is 2. The summed E-state index contributed by atoms with van der Waals surface area (Å²) in [6, 6.07) is 3.29. The van der Waals surface area contributed by atoms with Crippen molar-refractivity contribution in [3.05, 3.63) is 46.6 Å². The third kappa shape index (κ3) is 4.05. The van der Waals surface area contributed by atoms with Gasteiger partial charge in [-0.3, -0.25) is 14.7 Å². The molecule has 1 aliphatic rings. The Hall–Kier alpha value is -2.25. The van der Waals surface area contributed by atoms with Crippen molar-refractivity contribution in [1.82, 2.24) is 20.4 Å². The maximum atomic E-state index is 12.3. The number of aliphatic hydroxyl groups is 1. The van der Waals surface area contributed by atoms with E-state index in [1.807, 2.05) is 20.8 Å². The van der Waals surface area contributed by atoms with Crippen molar-refractivity contribution in [2.24, 2.45) is 0 Å². The van der Waals surface area contributed by atoms with E-state index in [4.69, 9.17) is 4.52 Å². The van der Waals surface area contributed by atoms with Crippen LogP contribution in [-0.2, 0) is 6.54 Å². The third-order valence-corrected chi connectivity index (χ3v) is 4.72. The Morgan fingerprint density at radius 3 is 2.80 bits per heavy atom. The first kappa shape index (κ1) is 17.6. The van der Waals surface area contributed by atoms with E-state index in [1.165, 1.54) is 0 Å². The minimum absolute atomic E-state index is 0.198. The number of nitrogens with zero attached hydrogens (tertiary/aromatic N) is 3. The average molecular weight is 344 g/mol. The lowest BCUT2D eigenvalue weighted by atomic mass is 10.0. The first-order chi connectivity index (χ1) is 11.9. The maximum Gasteiger partial charge on any atom is 0.253 e. The standard InChI is InChI=1S/C18H24N4O3/c1-11-4-5-14(8-19-11)18(24)20-16-6-7-22(10-17(16)23)9-15-12(2)21-25-13(15)3/h4-5,8,16-17,23H,6-7,9-10H2,1-3H3,(H,20,24)/t16-,17-/m1/s1. The highest BCUT2D eigenvalue weighted by Gasteiger charge is 2.30. The second-order valence-corrected chi connectivity index (χ2v) is 6.66. The summed E-state index contributed by atoms with van der Waals surface area (Å²) in [5.41, 5.74) is 3.33. The number of likely N-dealkylation sites (tertiary alicyclic amines) is 1. The Labute approximate surface area is 147 Å². The van der Waals surface area contributed by atoms with Crippen LogP contribution >= 0.6 is 0 Å². The SMILES string of the molecule is Cc1ccc(C(=O)N[C@@H]2CCN(Cc3c(C)noc3C)C[C@H]2O)cn1. The Kier molecular flexibility index (Phi) is 5.15. The van der Waals surface area contributed by atoms with Gasteiger partial charge in [0.05, 0.1) is 23.4 Å². The first-order valence-electron chi connectivity index (χ1n) is 8.49. The van der Waals surface area contributed by atoms with Crippen LogP contribution in [0.2, 0.25) is 0 Å². The number of hydrogen-bond donors (Lipinski definition) is 2. The summed E-state index contributed by atoms with van der Waals surface area (Å²) in [6.45, 7) is 7.68. The third-order valence-electron chi connectivity index (χ3n) is 4.72. The molecule has 0 aliphatic carbocycles. The van der Waals surface area contributed by atoms with E-state index in [0.717, 1.165) is 29.3 Å². The van der Waals surface area contributed by atoms with Gasteiger partial charge in [-0.2, -0.15) is 0 Å². The fourth-order valence-corrected chi connectivity index (χ4v) is 3.11. The number of pyridine rings is 1. The number of piperidine rings is 1. The molecule has 2 N–H and O–H groups in total. The first-order valence-corrected chi connectivity index (χ1v) is 8.49. The fraction of sp³-hybridized carbons (Fsp3) is 0.500. The molecular weight excluding hydrogens is 320 g/mol. The Bertz CT molecular complexity index is 722. The van der Waals surface area contributed by atoms with Crippen LogP contribution in [0.4, 0.5) is 0 Å². The Morgan fingerprint density at radius 2 is 2.20 bits per heavy atom. The van der Waals surface area contributed by atoms with Crippen LogP contribution in [-0.4, -0.2) is 51.3 Å². The van der Waals surface area contributed by atoms with Gasteiger partial charge >= 0.3 is 0 Å². The highest BCUT2D eigenvalue weighted by molar-refractivity contribution is 5.94. The lowest BCUT2D eigenvalue weighted by Gasteiger charge is -2.36. The number of aryl methyl sites for hydroxylation is 3. The van der Waals surface area contributed by atoms with E-state index in [1.54, 1.807) is 18.3 Å². The molecule has 2 atom stereocenters. The van der Waals surface area contributed by atoms with Crippen LogP contribution in [0.5, 0.6) is 0 Å². The lowest BCUT2D eigenvalue weighted by Crippen LogP contribution is -2.53. The summed E-state index contributed by atoms with van der Waals surface area (Å²) in [5.74, 6) is 0.616. The monoisotopic (exact) mass is 344 g/mol. The highest BCUT2D eigenvalue weighted by atomic mass is 16.5. The van der Waals surface area contributed by atoms with Crippen LogP contribution in [0.25, 0.3) is 0 Å². The number of carbonyl (C=O) groups excluding carboxylic acids is 1. The number of aliphatic hydroxyl groups excluding tert-OH is 1. The topological polar surface area (TPSA) is 91.5 Å². The summed E-state index contributed by atoms with van der Waals surface area (Å²) in [6.07, 6.45) is 1.63. The molecule has 3 rings (SSSR count). The van der Waals surface area contributed by atoms with Gasteiger partial charge in [-0.25, -0.2) is 0 Å². The van der Waals surface area contributed by atoms with E-state index < -0.39 is 6.10 Å². The quantitative estimate of drug-likeness (QED) is 0.870. The molecular formula is C18H24N4O3. The molecule has 3 heterocycles. The van der Waals surface area contributed by atoms with Crippen molar-refractivity contribution in [1.29, 1.82) is 0 Å². The molecule has 1 aliphatic heterocycles. The molecule has 2 aromatic heterocycles. The maximum absolute atomic E-state index is 12.3. The van der Waals surface area contributed by atoms with E-state index in [9.17, 15) is 9.90 Å². The second-order valence-electron chi connectivity index (χ2n) is 6.66. The number of amides is 1. The van der Waals surface area contributed by atoms with Gasteiger partial charge in [0, 0.05) is 37.1 Å². The van der Waals surface area contributed by atoms with Crippen molar-refractivity contribution in [3.63, 3.8) is 0 Å². The average Bonchev–Trinajstić information content (AvgIpc) is 2.90. The van der Waals surface area contributed by atoms with Crippen molar-refractivity contribution < 1.29 is 14.4 Å². The fourth-order valence-electron chi connectivity index (χ4n) is 3.11. The van der Waals surface area contributed by atoms with Gasteiger partial charge in [-0.15, -0.1) is 0 Å². The number of carbonyl (C=O) groups is 1. The van der Waals surface area contributed by atoms with Crippen LogP contribution in [0, 0.1) is 20.8 Å². The van der Waals surface area contributed by atoms with Gasteiger partial charge in [-0.05, 0) is 39.3 Å². The zero-order valence-corrected chi connectivity index (χ0v) is 14.8. The summed E-state index contributed by atoms with van der Waals surface area (Å²) < 4.78 is 5.19. The predicted octanol–water partition coefficient (Wildman–Crippen LogP) is 1.36. The molecule has 0 spiro atoms. The smallest absolute Gasteiger partial charge is 0.253 e. The molecule has 134 valence electrons. The molecule has 0 aromatic carbocycles. The van der Waals surface area contributed by atoms with Crippen LogP contribution < -0.4 is 5.32 Å². The highest BCUT2D eigenvalue weighted by Crippen LogP contribution is 2.19. The van der Waals surface area contributed by atoms with Crippen LogP contribution in [0.15, 0.2) is 22.9 Å². The second kappa shape index (κ2) is 7.33. The molecule has 0 bridgehead atoms. The Balaban J connectivity index is 1.56. The van der Waals surface area contributed by atoms with Crippen molar-refractivity contribution in [2.45, 2.75) is 45.9 Å². The summed E-state index contributed by atoms with van der Waals surface area (Å²) >= 11 is 0. The van der Waals surface area contributed by atoms with Gasteiger partial charge < -0.3 is 14.9 Å². The molecule has 1 fully saturated rings. The molecule has 2 aromatic rings. The minimum atomic E-state index is -0.614. The summed E-state index contributed by atoms with van der Waals surface area (Å²) in [4.78, 5) is 18.6. The molecule has 25 heavy (non-hydrogen) atoms. The Morgan fingerprint density at radius 1 is 1.40 bits per heavy atom. The van der Waals surface area contributed by atoms with Gasteiger partial charge in [0.1, 0.15) is 5.76 Å². The van der Waals surface area contributed by atoms with E-state index in [-0.39, 0.29) is 11.9 Å². The van der Waals surface area contributed by atoms with E-state index in [0.29, 0.717) is 25.1 Å². The summed E-state index contributed by atoms with van der Waals surface area (Å²) in [5, 5.41) is 17.3. The normalized spacial score (nSPS) is 21.3. The molecule has 0 saturated carbocycles. The van der Waals surface area contributed by atoms with Crippen LogP contribution in [0.1, 0.15) is 39.5 Å². The largest absolute Gasteiger partial charge is 0.390 e. The lowest BCUT2D eigenvalue weighted by molar-refractivity contribution is 0.0347. The van der Waals surface area contributed by atoms with Crippen molar-refractivity contribution in [2.75, 3.05) is 13.1 Å². The number of rotatable bonds is 4. The van der Waals surface area contributed by atoms with Gasteiger partial charge in [-0.1, -0.05) is 5.16 Å². The van der Waals surface area contributed by atoms with Gasteiger partial charge in [0.2, 0.25) is 0 Å². The van der Waals surface area contributed by atoms with Crippen LogP contribution in [0.3, 0.4) is 0 Å². The zero-order valence-electron chi connectivity index (χ0n) is 14.8. The molecule has 7 heteroatoms. The predicted molar refractivity (Wildman–Crippen MR) is 92.1 cm³/mol. The zero-order chi connectivity index (χ0) is 18.0. The van der Waals surface area contributed by atoms with Gasteiger partial charge in [0.25, 0.3) is 5.91 Å². The van der Waals surface area contributed by atoms with Gasteiger partial charge in [0.15, 0.2) is 0 Å². The molecule has 0 unspecified atom stereocenters. The minimum Gasteiger partial charge on any atom is -0.390 e. The number of β-amino-alcohol motifs (C(OH)–C–C–N with tert-alkyl or cyclic N) is 1. The molecule has 0 radical (unpaired) electrons.